The zero-order valence-electron chi connectivity index (χ0n) is 16.6. The summed E-state index contributed by atoms with van der Waals surface area (Å²) >= 11 is 0. The molecule has 3 rings (SSSR count). The second-order valence-corrected chi connectivity index (χ2v) is 6.89. The van der Waals surface area contributed by atoms with Crippen molar-refractivity contribution in [2.45, 2.75) is 33.2 Å². The van der Waals surface area contributed by atoms with Gasteiger partial charge >= 0.3 is 0 Å². The number of nitrogens with one attached hydrogen (secondary N) is 1. The molecule has 1 N–H and O–H groups in total. The van der Waals surface area contributed by atoms with Crippen molar-refractivity contribution in [1.29, 1.82) is 0 Å². The zero-order valence-corrected chi connectivity index (χ0v) is 16.6. The first-order valence-corrected chi connectivity index (χ1v) is 9.37. The lowest BCUT2D eigenvalue weighted by atomic mass is 9.98. The van der Waals surface area contributed by atoms with Gasteiger partial charge in [-0.1, -0.05) is 55.3 Å². The fourth-order valence-electron chi connectivity index (χ4n) is 2.85. The second-order valence-electron chi connectivity index (χ2n) is 6.89. The number of methoxy groups -OCH3 is 1. The predicted octanol–water partition coefficient (Wildman–Crippen LogP) is 4.57. The molecular formula is C22H25N3O3. The van der Waals surface area contributed by atoms with E-state index in [1.165, 1.54) is 0 Å². The molecule has 0 saturated carbocycles. The van der Waals surface area contributed by atoms with Crippen LogP contribution in [0.15, 0.2) is 53.1 Å². The van der Waals surface area contributed by atoms with Gasteiger partial charge in [-0.15, -0.1) is 0 Å². The number of rotatable bonds is 7. The van der Waals surface area contributed by atoms with Gasteiger partial charge < -0.3 is 14.6 Å². The molecule has 0 saturated heterocycles. The van der Waals surface area contributed by atoms with Gasteiger partial charge in [0.25, 0.3) is 5.91 Å². The molecule has 0 aliphatic heterocycles. The van der Waals surface area contributed by atoms with Crippen molar-refractivity contribution in [1.82, 2.24) is 15.5 Å². The largest absolute Gasteiger partial charge is 0.497 e. The van der Waals surface area contributed by atoms with E-state index in [4.69, 9.17) is 9.26 Å². The Balaban J connectivity index is 1.85. The minimum atomic E-state index is -0.370. The summed E-state index contributed by atoms with van der Waals surface area (Å²) < 4.78 is 10.8. The number of carbonyl (C=O) groups excluding carboxylic acids is 1. The number of hydrogen-bond acceptors (Lipinski definition) is 5. The maximum Gasteiger partial charge on any atom is 0.251 e. The normalized spacial score (nSPS) is 13.0. The van der Waals surface area contributed by atoms with Crippen molar-refractivity contribution in [3.05, 3.63) is 65.5 Å². The molecule has 2 atom stereocenters. The summed E-state index contributed by atoms with van der Waals surface area (Å²) in [6.07, 6.45) is 0.857. The van der Waals surface area contributed by atoms with Crippen LogP contribution >= 0.6 is 0 Å². The highest BCUT2D eigenvalue weighted by molar-refractivity contribution is 5.94. The van der Waals surface area contributed by atoms with E-state index in [0.29, 0.717) is 17.3 Å². The first-order chi connectivity index (χ1) is 13.5. The van der Waals surface area contributed by atoms with Crippen LogP contribution in [0.2, 0.25) is 0 Å². The molecule has 0 aliphatic rings. The molecule has 146 valence electrons. The predicted molar refractivity (Wildman–Crippen MR) is 107 cm³/mol. The Kier molecular flexibility index (Phi) is 6.09. The summed E-state index contributed by atoms with van der Waals surface area (Å²) in [6, 6.07) is 14.6. The molecule has 0 bridgehead atoms. The Morgan fingerprint density at radius 1 is 1.21 bits per heavy atom. The van der Waals surface area contributed by atoms with E-state index in [1.807, 2.05) is 55.5 Å². The minimum Gasteiger partial charge on any atom is -0.497 e. The Morgan fingerprint density at radius 2 is 1.96 bits per heavy atom. The van der Waals surface area contributed by atoms with Crippen LogP contribution in [0.25, 0.3) is 11.4 Å². The van der Waals surface area contributed by atoms with Gasteiger partial charge in [0.05, 0.1) is 7.11 Å². The van der Waals surface area contributed by atoms with Crippen molar-refractivity contribution in [3.63, 3.8) is 0 Å². The molecule has 2 aromatic carbocycles. The maximum absolute atomic E-state index is 12.7. The van der Waals surface area contributed by atoms with E-state index in [2.05, 4.69) is 29.3 Å². The molecule has 0 unspecified atom stereocenters. The minimum absolute atomic E-state index is 0.132. The third-order valence-corrected chi connectivity index (χ3v) is 4.85. The molecule has 0 aliphatic carbocycles. The van der Waals surface area contributed by atoms with Crippen LogP contribution in [0, 0.1) is 12.8 Å². The van der Waals surface area contributed by atoms with E-state index in [9.17, 15) is 4.79 Å². The zero-order chi connectivity index (χ0) is 20.1. The van der Waals surface area contributed by atoms with Crippen molar-refractivity contribution in [3.8, 4) is 17.1 Å². The number of benzene rings is 2. The summed E-state index contributed by atoms with van der Waals surface area (Å²) in [5.74, 6) is 1.55. The van der Waals surface area contributed by atoms with Crippen LogP contribution in [0.1, 0.15) is 48.1 Å². The molecule has 1 amide bonds. The van der Waals surface area contributed by atoms with Gasteiger partial charge in [-0.2, -0.15) is 4.98 Å². The number of aryl methyl sites for hydroxylation is 1. The molecule has 1 aromatic heterocycles. The first kappa shape index (κ1) is 19.6. The summed E-state index contributed by atoms with van der Waals surface area (Å²) in [6.45, 7) is 6.10. The van der Waals surface area contributed by atoms with Gasteiger partial charge in [0.1, 0.15) is 11.8 Å². The van der Waals surface area contributed by atoms with Crippen LogP contribution in [-0.2, 0) is 0 Å². The lowest BCUT2D eigenvalue weighted by Crippen LogP contribution is -2.32. The van der Waals surface area contributed by atoms with E-state index in [-0.39, 0.29) is 17.9 Å². The topological polar surface area (TPSA) is 77.2 Å². The summed E-state index contributed by atoms with van der Waals surface area (Å²) in [7, 11) is 1.61. The Hall–Kier alpha value is -3.15. The van der Waals surface area contributed by atoms with Crippen LogP contribution in [0.5, 0.6) is 5.75 Å². The van der Waals surface area contributed by atoms with Gasteiger partial charge in [0.2, 0.25) is 11.7 Å². The second kappa shape index (κ2) is 8.69. The monoisotopic (exact) mass is 379 g/mol. The lowest BCUT2D eigenvalue weighted by Gasteiger charge is -2.20. The molecule has 1 heterocycles. The molecule has 28 heavy (non-hydrogen) atoms. The molecule has 0 fully saturated rings. The third kappa shape index (κ3) is 4.39. The number of nitrogens with zero attached hydrogens (tertiary/aromatic N) is 2. The van der Waals surface area contributed by atoms with Crippen molar-refractivity contribution >= 4 is 5.91 Å². The number of ether oxygens (including phenoxy) is 1. The lowest BCUT2D eigenvalue weighted by molar-refractivity contribution is 0.0910. The number of carbonyl (C=O) groups is 1. The molecule has 6 heteroatoms. The summed E-state index contributed by atoms with van der Waals surface area (Å²) in [5.41, 5.74) is 2.50. The Bertz CT molecular complexity index is 934. The van der Waals surface area contributed by atoms with Gasteiger partial charge in [-0.25, -0.2) is 0 Å². The van der Waals surface area contributed by atoms with E-state index in [0.717, 1.165) is 23.3 Å². The molecule has 0 spiro atoms. The fourth-order valence-corrected chi connectivity index (χ4v) is 2.85. The van der Waals surface area contributed by atoms with Crippen LogP contribution < -0.4 is 10.1 Å². The Morgan fingerprint density at radius 3 is 2.64 bits per heavy atom. The highest BCUT2D eigenvalue weighted by Gasteiger charge is 2.27. The van der Waals surface area contributed by atoms with Gasteiger partial charge in [-0.3, -0.25) is 4.79 Å². The highest BCUT2D eigenvalue weighted by atomic mass is 16.5. The highest BCUT2D eigenvalue weighted by Crippen LogP contribution is 2.27. The number of hydrogen-bond donors (Lipinski definition) is 1. The fraction of sp³-hybridized carbons (Fsp3) is 0.318. The van der Waals surface area contributed by atoms with Crippen molar-refractivity contribution in [2.75, 3.05) is 7.11 Å². The summed E-state index contributed by atoms with van der Waals surface area (Å²) in [4.78, 5) is 17.2. The van der Waals surface area contributed by atoms with E-state index >= 15 is 0 Å². The van der Waals surface area contributed by atoms with E-state index in [1.54, 1.807) is 7.11 Å². The first-order valence-electron chi connectivity index (χ1n) is 9.37. The van der Waals surface area contributed by atoms with Crippen molar-refractivity contribution < 1.29 is 14.1 Å². The molecule has 6 nitrogen and oxygen atoms in total. The maximum atomic E-state index is 12.7. The standard InChI is InChI=1S/C22H25N3O3/c1-5-15(3)19(23-21(26)16-11-9-14(2)10-12-16)22-24-20(25-28-22)17-7-6-8-18(13-17)27-4/h6-13,15,19H,5H2,1-4H3,(H,23,26)/t15-,19+/m1/s1. The quantitative estimate of drug-likeness (QED) is 0.651. The van der Waals surface area contributed by atoms with Gasteiger partial charge in [0.15, 0.2) is 0 Å². The van der Waals surface area contributed by atoms with Crippen LogP contribution in [0.4, 0.5) is 0 Å². The van der Waals surface area contributed by atoms with Gasteiger partial charge in [-0.05, 0) is 37.1 Å². The summed E-state index contributed by atoms with van der Waals surface area (Å²) in [5, 5.41) is 7.15. The van der Waals surface area contributed by atoms with Crippen LogP contribution in [-0.4, -0.2) is 23.2 Å². The van der Waals surface area contributed by atoms with Gasteiger partial charge in [0, 0.05) is 11.1 Å². The Labute approximate surface area is 164 Å². The number of aromatic nitrogens is 2. The average Bonchev–Trinajstić information content (AvgIpc) is 3.21. The number of amides is 1. The molecule has 0 radical (unpaired) electrons. The van der Waals surface area contributed by atoms with Crippen molar-refractivity contribution in [2.24, 2.45) is 5.92 Å². The SMILES string of the molecule is CC[C@@H](C)[C@H](NC(=O)c1ccc(C)cc1)c1nc(-c2cccc(OC)c2)no1. The molecule has 3 aromatic rings. The molecular weight excluding hydrogens is 354 g/mol. The third-order valence-electron chi connectivity index (χ3n) is 4.85. The van der Waals surface area contributed by atoms with Crippen LogP contribution in [0.3, 0.4) is 0 Å². The smallest absolute Gasteiger partial charge is 0.251 e. The average molecular weight is 379 g/mol. The van der Waals surface area contributed by atoms with E-state index < -0.39 is 0 Å².